The van der Waals surface area contributed by atoms with Crippen molar-refractivity contribution in [3.63, 3.8) is 0 Å². The Morgan fingerprint density at radius 2 is 1.07 bits per heavy atom. The number of carbonyl (C=O) groups is 3. The van der Waals surface area contributed by atoms with Gasteiger partial charge in [-0.05, 0) is 83.1 Å². The molecule has 0 fully saturated rings. The van der Waals surface area contributed by atoms with Gasteiger partial charge in [0.05, 0.1) is 19.8 Å². The fourth-order valence-electron chi connectivity index (χ4n) is 5.13. The number of hydrogen-bond donors (Lipinski definition) is 3. The maximum Gasteiger partial charge on any atom is 0.472 e. The van der Waals surface area contributed by atoms with Crippen molar-refractivity contribution in [2.45, 2.75) is 161 Å². The van der Waals surface area contributed by atoms with Gasteiger partial charge in [-0.3, -0.25) is 23.4 Å². The highest BCUT2D eigenvalue weighted by molar-refractivity contribution is 7.47. The first-order chi connectivity index (χ1) is 28.1. The zero-order chi connectivity index (χ0) is 42.8. The third-order valence-electron chi connectivity index (χ3n) is 8.50. The van der Waals surface area contributed by atoms with Crippen LogP contribution in [0.25, 0.3) is 0 Å². The van der Waals surface area contributed by atoms with Crippen molar-refractivity contribution in [2.24, 2.45) is 0 Å². The van der Waals surface area contributed by atoms with Crippen LogP contribution in [0.2, 0.25) is 0 Å². The number of aliphatic hydroxyl groups is 2. The molecule has 0 rings (SSSR count). The Labute approximate surface area is 349 Å². The van der Waals surface area contributed by atoms with E-state index in [2.05, 4.69) is 79.1 Å². The Morgan fingerprint density at radius 1 is 0.569 bits per heavy atom. The maximum absolute atomic E-state index is 12.6. The quantitative estimate of drug-likeness (QED) is 0.0135. The van der Waals surface area contributed by atoms with Gasteiger partial charge in [0.25, 0.3) is 0 Å². The molecule has 0 spiro atoms. The molecule has 0 aromatic heterocycles. The van der Waals surface area contributed by atoms with E-state index in [4.69, 9.17) is 19.1 Å². The predicted molar refractivity (Wildman–Crippen MR) is 233 cm³/mol. The zero-order valence-electron chi connectivity index (χ0n) is 35.5. The largest absolute Gasteiger partial charge is 0.472 e. The summed E-state index contributed by atoms with van der Waals surface area (Å²) in [6, 6.07) is 0. The number of unbranched alkanes of at least 4 members (excludes halogenated alkanes) is 10. The van der Waals surface area contributed by atoms with Crippen molar-refractivity contribution < 1.29 is 52.6 Å². The van der Waals surface area contributed by atoms with Crippen LogP contribution in [0.5, 0.6) is 0 Å². The van der Waals surface area contributed by atoms with Crippen molar-refractivity contribution >= 4 is 25.5 Å². The van der Waals surface area contributed by atoms with Crippen LogP contribution in [0.4, 0.5) is 0 Å². The molecule has 0 radical (unpaired) electrons. The van der Waals surface area contributed by atoms with Crippen LogP contribution in [-0.2, 0) is 37.5 Å². The van der Waals surface area contributed by atoms with Gasteiger partial charge in [-0.25, -0.2) is 4.57 Å². The molecular weight excluding hydrogens is 759 g/mol. The Kier molecular flexibility index (Phi) is 38.4. The molecule has 3 atom stereocenters. The first-order valence-corrected chi connectivity index (χ1v) is 23.0. The lowest BCUT2D eigenvalue weighted by molar-refractivity contribution is -0.161. The molecule has 0 heterocycles. The summed E-state index contributed by atoms with van der Waals surface area (Å²) >= 11 is 0. The maximum atomic E-state index is 12.6. The molecule has 11 nitrogen and oxygen atoms in total. The standard InChI is InChI=1S/C46H75O11P/c1-3-5-7-9-11-13-15-17-18-19-20-22-24-26-28-30-32-36-45(50)54-40-44(41-56-58(52,53)55-39-43(49)38-47)57-46(51)37-33-35-42(48)34-31-29-27-25-23-21-16-14-12-10-8-6-4-2/h11-14,17-18,20-23,27,29,31,34,43-44,47,49H,3-10,15-16,19,24-26,28,30,32-33,35-41H2,1-2H3,(H,52,53)/b13-11-,14-12-,18-17-,22-20-,23-21-,29-27-,34-31+/t43-,44+/m0/s1. The average molecular weight is 835 g/mol. The van der Waals surface area contributed by atoms with Crippen LogP contribution in [0.3, 0.4) is 0 Å². The van der Waals surface area contributed by atoms with Crippen LogP contribution in [0, 0.1) is 0 Å². The molecule has 0 aliphatic heterocycles. The number of carbonyl (C=O) groups excluding carboxylic acids is 3. The Hall–Kier alpha value is -3.18. The summed E-state index contributed by atoms with van der Waals surface area (Å²) in [6.07, 6.45) is 44.1. The lowest BCUT2D eigenvalue weighted by atomic mass is 10.1. The molecule has 0 bridgehead atoms. The zero-order valence-corrected chi connectivity index (χ0v) is 36.4. The normalized spacial score (nSPS) is 14.6. The molecule has 0 amide bonds. The second-order valence-electron chi connectivity index (χ2n) is 14.0. The van der Waals surface area contributed by atoms with Gasteiger partial charge >= 0.3 is 19.8 Å². The molecule has 330 valence electrons. The Balaban J connectivity index is 4.57. The van der Waals surface area contributed by atoms with Crippen molar-refractivity contribution in [1.82, 2.24) is 0 Å². The monoisotopic (exact) mass is 835 g/mol. The average Bonchev–Trinajstić information content (AvgIpc) is 3.20. The minimum Gasteiger partial charge on any atom is -0.462 e. The minimum atomic E-state index is -4.69. The molecular formula is C46H75O11P. The van der Waals surface area contributed by atoms with E-state index in [0.717, 1.165) is 64.2 Å². The lowest BCUT2D eigenvalue weighted by Crippen LogP contribution is -2.30. The number of ether oxygens (including phenoxy) is 2. The number of phosphoric acid groups is 1. The molecule has 58 heavy (non-hydrogen) atoms. The van der Waals surface area contributed by atoms with E-state index in [0.29, 0.717) is 6.42 Å². The van der Waals surface area contributed by atoms with Crippen LogP contribution < -0.4 is 0 Å². The molecule has 0 aliphatic rings. The first kappa shape index (κ1) is 54.8. The number of allylic oxidation sites excluding steroid dienone is 14. The van der Waals surface area contributed by atoms with Crippen molar-refractivity contribution in [3.05, 3.63) is 85.1 Å². The third kappa shape index (κ3) is 39.6. The smallest absolute Gasteiger partial charge is 0.462 e. The summed E-state index contributed by atoms with van der Waals surface area (Å²) in [7, 11) is -4.69. The van der Waals surface area contributed by atoms with E-state index >= 15 is 0 Å². The number of rotatable bonds is 39. The van der Waals surface area contributed by atoms with Gasteiger partial charge in [-0.15, -0.1) is 0 Å². The highest BCUT2D eigenvalue weighted by atomic mass is 31.2. The van der Waals surface area contributed by atoms with Gasteiger partial charge in [0.15, 0.2) is 11.9 Å². The molecule has 0 aliphatic carbocycles. The summed E-state index contributed by atoms with van der Waals surface area (Å²) < 4.78 is 32.5. The molecule has 0 aromatic rings. The van der Waals surface area contributed by atoms with Gasteiger partial charge in [-0.2, -0.15) is 0 Å². The SMILES string of the molecule is CCCCC/C=C\C/C=C\C/C=C\C=C\C(=O)CCCC(=O)O[C@H](COC(=O)CCCCCC/C=C\C/C=C\C/C=C\CCCCC)COP(=O)(O)OC[C@@H](O)CO. The lowest BCUT2D eigenvalue weighted by Gasteiger charge is -2.20. The predicted octanol–water partition coefficient (Wildman–Crippen LogP) is 10.6. The van der Waals surface area contributed by atoms with Gasteiger partial charge in [0, 0.05) is 19.3 Å². The number of aliphatic hydroxyl groups excluding tert-OH is 2. The number of ketones is 1. The minimum absolute atomic E-state index is 0.109. The number of esters is 2. The van der Waals surface area contributed by atoms with Crippen molar-refractivity contribution in [1.29, 1.82) is 0 Å². The number of phosphoric ester groups is 1. The summed E-state index contributed by atoms with van der Waals surface area (Å²) in [6.45, 7) is 2.00. The Bertz CT molecular complexity index is 1300. The second kappa shape index (κ2) is 40.6. The highest BCUT2D eigenvalue weighted by Crippen LogP contribution is 2.43. The van der Waals surface area contributed by atoms with Crippen LogP contribution >= 0.6 is 7.82 Å². The summed E-state index contributed by atoms with van der Waals surface area (Å²) in [5, 5.41) is 18.3. The Morgan fingerprint density at radius 3 is 1.64 bits per heavy atom. The molecule has 3 N–H and O–H groups in total. The summed E-state index contributed by atoms with van der Waals surface area (Å²) in [5.41, 5.74) is 0. The molecule has 12 heteroatoms. The van der Waals surface area contributed by atoms with E-state index in [-0.39, 0.29) is 31.5 Å². The van der Waals surface area contributed by atoms with E-state index in [9.17, 15) is 28.9 Å². The molecule has 0 saturated heterocycles. The summed E-state index contributed by atoms with van der Waals surface area (Å²) in [5.74, 6) is -1.37. The van der Waals surface area contributed by atoms with E-state index in [1.165, 1.54) is 44.6 Å². The van der Waals surface area contributed by atoms with Gasteiger partial charge in [0.2, 0.25) is 0 Å². The number of hydrogen-bond acceptors (Lipinski definition) is 10. The fraction of sp³-hybridized carbons (Fsp3) is 0.630. The highest BCUT2D eigenvalue weighted by Gasteiger charge is 2.27. The van der Waals surface area contributed by atoms with E-state index in [1.807, 2.05) is 6.08 Å². The van der Waals surface area contributed by atoms with Crippen LogP contribution in [0.1, 0.15) is 149 Å². The van der Waals surface area contributed by atoms with Gasteiger partial charge in [-0.1, -0.05) is 131 Å². The van der Waals surface area contributed by atoms with Gasteiger partial charge in [0.1, 0.15) is 12.7 Å². The van der Waals surface area contributed by atoms with Gasteiger partial charge < -0.3 is 24.6 Å². The fourth-order valence-corrected chi connectivity index (χ4v) is 5.92. The summed E-state index contributed by atoms with van der Waals surface area (Å²) in [4.78, 5) is 47.2. The van der Waals surface area contributed by atoms with Crippen molar-refractivity contribution in [2.75, 3.05) is 26.4 Å². The van der Waals surface area contributed by atoms with Crippen LogP contribution in [-0.4, -0.2) is 71.5 Å². The molecule has 0 aromatic carbocycles. The molecule has 1 unspecified atom stereocenters. The third-order valence-corrected chi connectivity index (χ3v) is 9.45. The van der Waals surface area contributed by atoms with E-state index < -0.39 is 58.4 Å². The van der Waals surface area contributed by atoms with Crippen LogP contribution in [0.15, 0.2) is 85.1 Å². The van der Waals surface area contributed by atoms with Crippen molar-refractivity contribution in [3.8, 4) is 0 Å². The second-order valence-corrected chi connectivity index (χ2v) is 15.5. The molecule has 0 saturated carbocycles. The van der Waals surface area contributed by atoms with E-state index in [1.54, 1.807) is 12.2 Å². The topological polar surface area (TPSA) is 166 Å². The first-order valence-electron chi connectivity index (χ1n) is 21.5.